The number of nitrogens with two attached hydrogens (primary N) is 1. The second kappa shape index (κ2) is 3.14. The molecule has 4 heteroatoms. The van der Waals surface area contributed by atoms with Crippen molar-refractivity contribution in [1.82, 2.24) is 4.98 Å². The topological polar surface area (TPSA) is 48.1 Å². The van der Waals surface area contributed by atoms with Gasteiger partial charge in [-0.05, 0) is 18.2 Å². The van der Waals surface area contributed by atoms with Gasteiger partial charge in [0.15, 0.2) is 0 Å². The van der Waals surface area contributed by atoms with Crippen molar-refractivity contribution in [2.24, 2.45) is 0 Å². The Balaban J connectivity index is 2.84. The maximum absolute atomic E-state index is 12.9. The van der Waals surface area contributed by atoms with Crippen molar-refractivity contribution in [2.75, 3.05) is 12.8 Å². The summed E-state index contributed by atoms with van der Waals surface area (Å²) in [6, 6.07) is 4.34. The highest BCUT2D eigenvalue weighted by atomic mass is 19.1. The molecule has 0 spiro atoms. The lowest BCUT2D eigenvalue weighted by atomic mass is 10.1. The third-order valence-electron chi connectivity index (χ3n) is 2.06. The maximum atomic E-state index is 12.9. The zero-order valence-electron chi connectivity index (χ0n) is 7.62. The number of halogens is 1. The summed E-state index contributed by atoms with van der Waals surface area (Å²) in [5, 5.41) is 1.34. The predicted octanol–water partition coefficient (Wildman–Crippen LogP) is 1.96. The Hall–Kier alpha value is -1.84. The lowest BCUT2D eigenvalue weighted by Crippen LogP contribution is -1.94. The monoisotopic (exact) mass is 192 g/mol. The summed E-state index contributed by atoms with van der Waals surface area (Å²) in [5.74, 6) is 0.564. The van der Waals surface area contributed by atoms with E-state index in [2.05, 4.69) is 4.98 Å². The first-order chi connectivity index (χ1) is 6.72. The van der Waals surface area contributed by atoms with Crippen molar-refractivity contribution in [1.29, 1.82) is 0 Å². The van der Waals surface area contributed by atoms with Gasteiger partial charge in [-0.15, -0.1) is 0 Å². The van der Waals surface area contributed by atoms with E-state index >= 15 is 0 Å². The molecule has 14 heavy (non-hydrogen) atoms. The number of fused-ring (bicyclic) bond motifs is 1. The quantitative estimate of drug-likeness (QED) is 0.751. The Morgan fingerprint density at radius 1 is 1.36 bits per heavy atom. The van der Waals surface area contributed by atoms with Gasteiger partial charge in [-0.3, -0.25) is 0 Å². The molecule has 0 aliphatic heterocycles. The zero-order chi connectivity index (χ0) is 10.1. The van der Waals surface area contributed by atoms with Crippen LogP contribution in [-0.4, -0.2) is 12.1 Å². The van der Waals surface area contributed by atoms with E-state index in [1.165, 1.54) is 25.4 Å². The molecule has 2 aromatic rings. The third-order valence-corrected chi connectivity index (χ3v) is 2.06. The number of methoxy groups -OCH3 is 1. The molecule has 0 radical (unpaired) electrons. The van der Waals surface area contributed by atoms with Crippen molar-refractivity contribution in [2.45, 2.75) is 0 Å². The first kappa shape index (κ1) is 8.74. The molecule has 2 N–H and O–H groups in total. The van der Waals surface area contributed by atoms with Gasteiger partial charge in [0.05, 0.1) is 13.3 Å². The van der Waals surface area contributed by atoms with Gasteiger partial charge in [0.1, 0.15) is 17.4 Å². The van der Waals surface area contributed by atoms with Crippen LogP contribution in [0, 0.1) is 5.82 Å². The Morgan fingerprint density at radius 3 is 2.86 bits per heavy atom. The van der Waals surface area contributed by atoms with E-state index in [9.17, 15) is 4.39 Å². The summed E-state index contributed by atoms with van der Waals surface area (Å²) >= 11 is 0. The van der Waals surface area contributed by atoms with Gasteiger partial charge in [-0.25, -0.2) is 9.37 Å². The third kappa shape index (κ3) is 1.25. The molecule has 0 atom stereocenters. The normalized spacial score (nSPS) is 10.4. The summed E-state index contributed by atoms with van der Waals surface area (Å²) in [6.45, 7) is 0. The number of hydrogen-bond acceptors (Lipinski definition) is 3. The van der Waals surface area contributed by atoms with Gasteiger partial charge in [0, 0.05) is 10.8 Å². The molecule has 72 valence electrons. The molecular formula is C10H9FN2O. The number of ether oxygens (including phenoxy) is 1. The highest BCUT2D eigenvalue weighted by Crippen LogP contribution is 2.28. The minimum Gasteiger partial charge on any atom is -0.494 e. The van der Waals surface area contributed by atoms with Gasteiger partial charge in [0.25, 0.3) is 0 Å². The van der Waals surface area contributed by atoms with Crippen LogP contribution < -0.4 is 10.5 Å². The van der Waals surface area contributed by atoms with Gasteiger partial charge < -0.3 is 10.5 Å². The number of aromatic nitrogens is 1. The summed E-state index contributed by atoms with van der Waals surface area (Å²) in [6.07, 6.45) is 1.52. The molecule has 1 heterocycles. The minimum atomic E-state index is -0.334. The predicted molar refractivity (Wildman–Crippen MR) is 52.7 cm³/mol. The fourth-order valence-corrected chi connectivity index (χ4v) is 1.37. The standard InChI is InChI=1S/C10H9FN2O/c1-14-9-5-13-10(12)8-4-6(11)2-3-7(8)9/h2-5H,1H3,(H2,12,13). The van der Waals surface area contributed by atoms with E-state index in [-0.39, 0.29) is 5.82 Å². The van der Waals surface area contributed by atoms with Crippen LogP contribution in [0.25, 0.3) is 10.8 Å². The van der Waals surface area contributed by atoms with Crippen molar-refractivity contribution in [3.8, 4) is 5.75 Å². The van der Waals surface area contributed by atoms with Crippen LogP contribution in [0.5, 0.6) is 5.75 Å². The van der Waals surface area contributed by atoms with Gasteiger partial charge >= 0.3 is 0 Å². The molecule has 1 aromatic heterocycles. The minimum absolute atomic E-state index is 0.306. The van der Waals surface area contributed by atoms with Crippen molar-refractivity contribution < 1.29 is 9.13 Å². The van der Waals surface area contributed by atoms with E-state index in [1.807, 2.05) is 0 Å². The first-order valence-corrected chi connectivity index (χ1v) is 4.10. The number of rotatable bonds is 1. The Labute approximate surface area is 80.3 Å². The number of hydrogen-bond donors (Lipinski definition) is 1. The van der Waals surface area contributed by atoms with Crippen molar-refractivity contribution in [3.63, 3.8) is 0 Å². The molecule has 0 unspecified atom stereocenters. The van der Waals surface area contributed by atoms with Gasteiger partial charge in [-0.2, -0.15) is 0 Å². The van der Waals surface area contributed by atoms with Crippen LogP contribution in [0.15, 0.2) is 24.4 Å². The molecule has 0 amide bonds. The van der Waals surface area contributed by atoms with Crippen LogP contribution in [0.3, 0.4) is 0 Å². The molecule has 2 rings (SSSR count). The smallest absolute Gasteiger partial charge is 0.145 e. The number of pyridine rings is 1. The number of benzene rings is 1. The molecule has 3 nitrogen and oxygen atoms in total. The number of anilines is 1. The average molecular weight is 192 g/mol. The molecule has 0 bridgehead atoms. The summed E-state index contributed by atoms with van der Waals surface area (Å²) in [4.78, 5) is 3.91. The van der Waals surface area contributed by atoms with E-state index < -0.39 is 0 Å². The molecule has 0 aliphatic carbocycles. The van der Waals surface area contributed by atoms with Crippen LogP contribution >= 0.6 is 0 Å². The fraction of sp³-hybridized carbons (Fsp3) is 0.100. The Bertz CT molecular complexity index is 485. The number of nitrogen functional groups attached to an aromatic ring is 1. The SMILES string of the molecule is COc1cnc(N)c2cc(F)ccc12. The molecule has 0 saturated heterocycles. The molecular weight excluding hydrogens is 183 g/mol. The second-order valence-corrected chi connectivity index (χ2v) is 2.90. The molecule has 0 saturated carbocycles. The number of nitrogens with zero attached hydrogens (tertiary/aromatic N) is 1. The van der Waals surface area contributed by atoms with E-state index in [1.54, 1.807) is 6.07 Å². The molecule has 0 fully saturated rings. The van der Waals surface area contributed by atoms with Crippen LogP contribution in [-0.2, 0) is 0 Å². The summed E-state index contributed by atoms with van der Waals surface area (Å²) in [5.41, 5.74) is 5.62. The van der Waals surface area contributed by atoms with Crippen molar-refractivity contribution >= 4 is 16.6 Å². The highest BCUT2D eigenvalue weighted by Gasteiger charge is 2.06. The summed E-state index contributed by atoms with van der Waals surface area (Å²) < 4.78 is 18.0. The molecule has 0 aliphatic rings. The molecule has 1 aromatic carbocycles. The van der Waals surface area contributed by atoms with E-state index in [4.69, 9.17) is 10.5 Å². The average Bonchev–Trinajstić information content (AvgIpc) is 2.19. The van der Waals surface area contributed by atoms with E-state index in [0.29, 0.717) is 17.0 Å². The van der Waals surface area contributed by atoms with Crippen LogP contribution in [0.4, 0.5) is 10.2 Å². The zero-order valence-corrected chi connectivity index (χ0v) is 7.62. The van der Waals surface area contributed by atoms with Crippen LogP contribution in [0.1, 0.15) is 0 Å². The second-order valence-electron chi connectivity index (χ2n) is 2.90. The van der Waals surface area contributed by atoms with Crippen molar-refractivity contribution in [3.05, 3.63) is 30.2 Å². The van der Waals surface area contributed by atoms with Crippen LogP contribution in [0.2, 0.25) is 0 Å². The lowest BCUT2D eigenvalue weighted by molar-refractivity contribution is 0.418. The largest absolute Gasteiger partial charge is 0.494 e. The summed E-state index contributed by atoms with van der Waals surface area (Å²) in [7, 11) is 1.54. The Kier molecular flexibility index (Phi) is 1.96. The fourth-order valence-electron chi connectivity index (χ4n) is 1.37. The van der Waals surface area contributed by atoms with Gasteiger partial charge in [-0.1, -0.05) is 0 Å². The first-order valence-electron chi connectivity index (χ1n) is 4.10. The van der Waals surface area contributed by atoms with E-state index in [0.717, 1.165) is 5.39 Å². The lowest BCUT2D eigenvalue weighted by Gasteiger charge is -2.06. The maximum Gasteiger partial charge on any atom is 0.145 e. The Morgan fingerprint density at radius 2 is 2.14 bits per heavy atom. The highest BCUT2D eigenvalue weighted by molar-refractivity contribution is 5.95. The van der Waals surface area contributed by atoms with Gasteiger partial charge in [0.2, 0.25) is 0 Å².